The maximum Gasteiger partial charge on any atom is 0.275 e. The van der Waals surface area contributed by atoms with Crippen molar-refractivity contribution in [3.8, 4) is 0 Å². The van der Waals surface area contributed by atoms with E-state index in [4.69, 9.17) is 0 Å². The molecule has 0 aromatic carbocycles. The highest BCUT2D eigenvalue weighted by atomic mass is 16.2. The summed E-state index contributed by atoms with van der Waals surface area (Å²) in [6.45, 7) is 6.12. The van der Waals surface area contributed by atoms with Crippen molar-refractivity contribution in [3.05, 3.63) is 50.8 Å². The summed E-state index contributed by atoms with van der Waals surface area (Å²) in [5.74, 6) is -0.0416. The van der Waals surface area contributed by atoms with Crippen LogP contribution in [-0.2, 0) is 0 Å². The lowest BCUT2D eigenvalue weighted by Gasteiger charge is -2.23. The number of nitrogens with one attached hydrogen (secondary N) is 2. The standard InChI is InChI=1S/C17H20N6O2/c1-9-10(2)19-15-7-13(21-23(15)16(9)24)14-5-4-6-22(14)17(25)12-8-18-20-11(12)3/h7-8,14,21H,4-6H2,1-3H3,(H,18,20)/t14-/m1/s1. The summed E-state index contributed by atoms with van der Waals surface area (Å²) in [7, 11) is 0. The van der Waals surface area contributed by atoms with Gasteiger partial charge in [0.2, 0.25) is 0 Å². The van der Waals surface area contributed by atoms with Crippen LogP contribution in [0.25, 0.3) is 5.65 Å². The van der Waals surface area contributed by atoms with E-state index in [9.17, 15) is 9.59 Å². The van der Waals surface area contributed by atoms with Gasteiger partial charge in [0, 0.05) is 29.6 Å². The molecule has 8 heteroatoms. The molecule has 4 heterocycles. The molecule has 3 aromatic heterocycles. The molecule has 130 valence electrons. The van der Waals surface area contributed by atoms with E-state index in [1.807, 2.05) is 24.8 Å². The molecule has 25 heavy (non-hydrogen) atoms. The fraction of sp³-hybridized carbons (Fsp3) is 0.412. The molecule has 4 rings (SSSR count). The van der Waals surface area contributed by atoms with E-state index in [0.717, 1.165) is 29.9 Å². The summed E-state index contributed by atoms with van der Waals surface area (Å²) < 4.78 is 1.46. The molecular weight excluding hydrogens is 320 g/mol. The van der Waals surface area contributed by atoms with Gasteiger partial charge in [-0.25, -0.2) is 9.50 Å². The topological polar surface area (TPSA) is 99.2 Å². The third-order valence-corrected chi connectivity index (χ3v) is 5.04. The molecule has 0 bridgehead atoms. The SMILES string of the molecule is Cc1nc2cc([C@H]3CCCN3C(=O)c3cn[nH]c3C)[nH]n2c(=O)c1C. The summed E-state index contributed by atoms with van der Waals surface area (Å²) in [6.07, 6.45) is 3.34. The van der Waals surface area contributed by atoms with Gasteiger partial charge in [-0.1, -0.05) is 0 Å². The zero-order valence-electron chi connectivity index (χ0n) is 14.5. The predicted octanol–water partition coefficient (Wildman–Crippen LogP) is 1.65. The van der Waals surface area contributed by atoms with Gasteiger partial charge in [0.25, 0.3) is 11.5 Å². The summed E-state index contributed by atoms with van der Waals surface area (Å²) in [6, 6.07) is 1.77. The summed E-state index contributed by atoms with van der Waals surface area (Å²) in [4.78, 5) is 31.6. The van der Waals surface area contributed by atoms with Crippen LogP contribution in [-0.4, -0.2) is 42.1 Å². The van der Waals surface area contributed by atoms with Crippen molar-refractivity contribution in [2.45, 2.75) is 39.7 Å². The zero-order chi connectivity index (χ0) is 17.7. The Hall–Kier alpha value is -2.90. The highest BCUT2D eigenvalue weighted by molar-refractivity contribution is 5.95. The van der Waals surface area contributed by atoms with Crippen LogP contribution in [0.1, 0.15) is 51.9 Å². The van der Waals surface area contributed by atoms with Crippen molar-refractivity contribution < 1.29 is 4.79 Å². The van der Waals surface area contributed by atoms with Crippen LogP contribution in [0.5, 0.6) is 0 Å². The van der Waals surface area contributed by atoms with Gasteiger partial charge in [-0.2, -0.15) is 5.10 Å². The van der Waals surface area contributed by atoms with Crippen LogP contribution in [0.4, 0.5) is 0 Å². The fourth-order valence-corrected chi connectivity index (χ4v) is 3.46. The summed E-state index contributed by atoms with van der Waals surface area (Å²) in [5.41, 5.74) is 4.02. The molecule has 1 aliphatic heterocycles. The number of amides is 1. The van der Waals surface area contributed by atoms with Crippen molar-refractivity contribution in [2.75, 3.05) is 6.54 Å². The number of hydrogen-bond donors (Lipinski definition) is 2. The van der Waals surface area contributed by atoms with Gasteiger partial charge in [-0.15, -0.1) is 0 Å². The Balaban J connectivity index is 1.75. The van der Waals surface area contributed by atoms with Gasteiger partial charge < -0.3 is 4.90 Å². The van der Waals surface area contributed by atoms with E-state index in [2.05, 4.69) is 20.3 Å². The Labute approximate surface area is 143 Å². The van der Waals surface area contributed by atoms with Crippen LogP contribution in [0, 0.1) is 20.8 Å². The van der Waals surface area contributed by atoms with Crippen LogP contribution in [0.2, 0.25) is 0 Å². The molecule has 3 aromatic rings. The first-order chi connectivity index (χ1) is 12.0. The van der Waals surface area contributed by atoms with Crippen LogP contribution < -0.4 is 5.56 Å². The van der Waals surface area contributed by atoms with E-state index in [0.29, 0.717) is 23.3 Å². The average Bonchev–Trinajstić information content (AvgIpc) is 3.30. The molecule has 1 atom stereocenters. The molecule has 0 saturated carbocycles. The predicted molar refractivity (Wildman–Crippen MR) is 91.6 cm³/mol. The smallest absolute Gasteiger partial charge is 0.275 e. The lowest BCUT2D eigenvalue weighted by molar-refractivity contribution is 0.0732. The van der Waals surface area contributed by atoms with Crippen molar-refractivity contribution in [1.29, 1.82) is 0 Å². The molecular formula is C17H20N6O2. The quantitative estimate of drug-likeness (QED) is 0.741. The first kappa shape index (κ1) is 15.6. The Bertz CT molecular complexity index is 1030. The van der Waals surface area contributed by atoms with Gasteiger partial charge in [0.1, 0.15) is 0 Å². The number of nitrogens with zero attached hydrogens (tertiary/aromatic N) is 4. The minimum Gasteiger partial charge on any atom is -0.330 e. The number of aryl methyl sites for hydroxylation is 2. The lowest BCUT2D eigenvalue weighted by Crippen LogP contribution is -2.31. The molecule has 0 unspecified atom stereocenters. The third-order valence-electron chi connectivity index (χ3n) is 5.04. The Morgan fingerprint density at radius 1 is 1.32 bits per heavy atom. The van der Waals surface area contributed by atoms with Gasteiger partial charge in [-0.05, 0) is 33.6 Å². The fourth-order valence-electron chi connectivity index (χ4n) is 3.46. The molecule has 8 nitrogen and oxygen atoms in total. The van der Waals surface area contributed by atoms with Crippen LogP contribution >= 0.6 is 0 Å². The van der Waals surface area contributed by atoms with Crippen LogP contribution in [0.3, 0.4) is 0 Å². The first-order valence-corrected chi connectivity index (χ1v) is 8.37. The van der Waals surface area contributed by atoms with Gasteiger partial charge >= 0.3 is 0 Å². The summed E-state index contributed by atoms with van der Waals surface area (Å²) in [5, 5.41) is 9.89. The molecule has 0 aliphatic carbocycles. The highest BCUT2D eigenvalue weighted by Gasteiger charge is 2.33. The highest BCUT2D eigenvalue weighted by Crippen LogP contribution is 2.32. The Morgan fingerprint density at radius 2 is 2.12 bits per heavy atom. The Kier molecular flexibility index (Phi) is 3.48. The van der Waals surface area contributed by atoms with Gasteiger partial charge in [0.15, 0.2) is 5.65 Å². The number of aromatic nitrogens is 5. The monoisotopic (exact) mass is 340 g/mol. The second kappa shape index (κ2) is 5.58. The number of H-pyrrole nitrogens is 2. The Morgan fingerprint density at radius 3 is 2.84 bits per heavy atom. The third kappa shape index (κ3) is 2.36. The number of fused-ring (bicyclic) bond motifs is 1. The van der Waals surface area contributed by atoms with Crippen LogP contribution in [0.15, 0.2) is 17.1 Å². The van der Waals surface area contributed by atoms with Gasteiger partial charge in [-0.3, -0.25) is 19.8 Å². The normalized spacial score (nSPS) is 17.6. The minimum absolute atomic E-state index is 0.0416. The second-order valence-corrected chi connectivity index (χ2v) is 6.60. The van der Waals surface area contributed by atoms with Crippen molar-refractivity contribution in [3.63, 3.8) is 0 Å². The number of hydrogen-bond acceptors (Lipinski definition) is 4. The van der Waals surface area contributed by atoms with E-state index in [1.165, 1.54) is 4.52 Å². The van der Waals surface area contributed by atoms with E-state index < -0.39 is 0 Å². The van der Waals surface area contributed by atoms with Gasteiger partial charge in [0.05, 0.1) is 23.5 Å². The number of carbonyl (C=O) groups excluding carboxylic acids is 1. The van der Waals surface area contributed by atoms with E-state index in [1.54, 1.807) is 13.1 Å². The van der Waals surface area contributed by atoms with Crippen molar-refractivity contribution in [2.24, 2.45) is 0 Å². The first-order valence-electron chi connectivity index (χ1n) is 8.37. The average molecular weight is 340 g/mol. The second-order valence-electron chi connectivity index (χ2n) is 6.60. The lowest BCUT2D eigenvalue weighted by atomic mass is 10.1. The molecule has 1 fully saturated rings. The molecule has 0 radical (unpaired) electrons. The van der Waals surface area contributed by atoms with Crippen molar-refractivity contribution >= 4 is 11.6 Å². The number of rotatable bonds is 2. The number of aromatic amines is 2. The molecule has 1 amide bonds. The summed E-state index contributed by atoms with van der Waals surface area (Å²) >= 11 is 0. The molecule has 0 spiro atoms. The minimum atomic E-state index is -0.102. The van der Waals surface area contributed by atoms with Crippen molar-refractivity contribution in [1.82, 2.24) is 29.7 Å². The zero-order valence-corrected chi connectivity index (χ0v) is 14.5. The molecule has 2 N–H and O–H groups in total. The maximum atomic E-state index is 12.9. The largest absolute Gasteiger partial charge is 0.330 e. The van der Waals surface area contributed by atoms with E-state index >= 15 is 0 Å². The number of likely N-dealkylation sites (tertiary alicyclic amines) is 1. The number of carbonyl (C=O) groups is 1. The molecule has 1 saturated heterocycles. The molecule has 1 aliphatic rings. The maximum absolute atomic E-state index is 12.9. The van der Waals surface area contributed by atoms with E-state index in [-0.39, 0.29) is 17.5 Å².